The first-order valence-electron chi connectivity index (χ1n) is 5.48. The van der Waals surface area contributed by atoms with Gasteiger partial charge in [-0.1, -0.05) is 0 Å². The molecule has 0 aromatic carbocycles. The van der Waals surface area contributed by atoms with E-state index < -0.39 is 0 Å². The summed E-state index contributed by atoms with van der Waals surface area (Å²) >= 11 is 1.31. The lowest BCUT2D eigenvalue weighted by molar-refractivity contribution is -0.132. The van der Waals surface area contributed by atoms with Crippen molar-refractivity contribution in [2.75, 3.05) is 18.9 Å². The van der Waals surface area contributed by atoms with Gasteiger partial charge in [-0.2, -0.15) is 9.64 Å². The number of hydrogen-bond donors (Lipinski definition) is 1. The van der Waals surface area contributed by atoms with Crippen molar-refractivity contribution >= 4 is 22.4 Å². The zero-order chi connectivity index (χ0) is 12.4. The van der Waals surface area contributed by atoms with Crippen LogP contribution in [-0.4, -0.2) is 34.8 Å². The molecule has 2 heterocycles. The van der Waals surface area contributed by atoms with Crippen LogP contribution in [0.2, 0.25) is 0 Å². The number of anilines is 1. The van der Waals surface area contributed by atoms with E-state index in [4.69, 9.17) is 5.26 Å². The van der Waals surface area contributed by atoms with Crippen LogP contribution in [-0.2, 0) is 4.79 Å². The van der Waals surface area contributed by atoms with Crippen molar-refractivity contribution in [2.24, 2.45) is 0 Å². The summed E-state index contributed by atoms with van der Waals surface area (Å²) in [5, 5.41) is 13.2. The minimum atomic E-state index is 0.184. The summed E-state index contributed by atoms with van der Waals surface area (Å²) in [5.41, 5.74) is 1.38. The molecule has 1 amide bonds. The molecule has 1 aliphatic rings. The van der Waals surface area contributed by atoms with E-state index in [1.54, 1.807) is 11.9 Å². The van der Waals surface area contributed by atoms with Gasteiger partial charge in [0.1, 0.15) is 16.6 Å². The zero-order valence-electron chi connectivity index (χ0n) is 9.86. The first kappa shape index (κ1) is 11.9. The van der Waals surface area contributed by atoms with Gasteiger partial charge in [0.2, 0.25) is 5.91 Å². The van der Waals surface area contributed by atoms with Crippen molar-refractivity contribution in [3.63, 3.8) is 0 Å². The molecule has 1 aromatic heterocycles. The van der Waals surface area contributed by atoms with Crippen molar-refractivity contribution in [2.45, 2.75) is 25.8 Å². The fourth-order valence-corrected chi connectivity index (χ4v) is 2.74. The maximum atomic E-state index is 11.4. The number of carbonyl (C=O) groups is 1. The van der Waals surface area contributed by atoms with Gasteiger partial charge in [0, 0.05) is 26.1 Å². The molecule has 17 heavy (non-hydrogen) atoms. The lowest BCUT2D eigenvalue weighted by Crippen LogP contribution is -2.43. The van der Waals surface area contributed by atoms with Gasteiger partial charge in [-0.25, -0.2) is 0 Å². The van der Waals surface area contributed by atoms with Crippen molar-refractivity contribution in [3.8, 4) is 6.07 Å². The summed E-state index contributed by atoms with van der Waals surface area (Å²) < 4.78 is 4.16. The van der Waals surface area contributed by atoms with Gasteiger partial charge in [0.05, 0.1) is 5.69 Å². The standard InChI is InChI=1S/C11H14N4OS/c1-7-9(5-12)11(17-14-7)13-8-3-4-10(16)15(2)6-8/h8,13H,3-4,6H2,1-2H3. The van der Waals surface area contributed by atoms with Crippen LogP contribution in [0.4, 0.5) is 5.00 Å². The number of carbonyl (C=O) groups excluding carboxylic acids is 1. The number of aromatic nitrogens is 1. The third kappa shape index (κ3) is 2.39. The SMILES string of the molecule is Cc1nsc(NC2CCC(=O)N(C)C2)c1C#N. The van der Waals surface area contributed by atoms with Crippen molar-refractivity contribution < 1.29 is 4.79 Å². The summed E-state index contributed by atoms with van der Waals surface area (Å²) in [7, 11) is 1.80. The maximum absolute atomic E-state index is 11.4. The van der Waals surface area contributed by atoms with Crippen LogP contribution in [0.5, 0.6) is 0 Å². The molecule has 1 atom stereocenters. The fraction of sp³-hybridized carbons (Fsp3) is 0.545. The van der Waals surface area contributed by atoms with Crippen LogP contribution in [0, 0.1) is 18.3 Å². The van der Waals surface area contributed by atoms with Gasteiger partial charge < -0.3 is 10.2 Å². The Bertz CT molecular complexity index is 476. The Kier molecular flexibility index (Phi) is 3.29. The Morgan fingerprint density at radius 3 is 3.06 bits per heavy atom. The smallest absolute Gasteiger partial charge is 0.222 e. The molecule has 0 aliphatic carbocycles. The molecule has 1 aromatic rings. The second-order valence-corrected chi connectivity index (χ2v) is 5.01. The topological polar surface area (TPSA) is 69.0 Å². The Morgan fingerprint density at radius 2 is 2.41 bits per heavy atom. The van der Waals surface area contributed by atoms with Crippen molar-refractivity contribution in [3.05, 3.63) is 11.3 Å². The van der Waals surface area contributed by atoms with Gasteiger partial charge in [0.25, 0.3) is 0 Å². The number of piperidine rings is 1. The summed E-state index contributed by atoms with van der Waals surface area (Å²) in [5.74, 6) is 0.184. The van der Waals surface area contributed by atoms with Crippen LogP contribution >= 0.6 is 11.5 Å². The lowest BCUT2D eigenvalue weighted by atomic mass is 10.1. The van der Waals surface area contributed by atoms with E-state index in [0.29, 0.717) is 18.5 Å². The third-order valence-corrected chi connectivity index (χ3v) is 3.81. The van der Waals surface area contributed by atoms with Gasteiger partial charge in [-0.3, -0.25) is 4.79 Å². The number of nitrogens with one attached hydrogen (secondary N) is 1. The number of nitrogens with zero attached hydrogens (tertiary/aromatic N) is 3. The minimum absolute atomic E-state index is 0.184. The number of likely N-dealkylation sites (tertiary alicyclic amines) is 1. The molecule has 0 saturated carbocycles. The molecule has 90 valence electrons. The molecule has 1 aliphatic heterocycles. The molecule has 1 saturated heterocycles. The zero-order valence-corrected chi connectivity index (χ0v) is 10.7. The largest absolute Gasteiger partial charge is 0.370 e. The first-order chi connectivity index (χ1) is 8.11. The average Bonchev–Trinajstić information content (AvgIpc) is 2.64. The van der Waals surface area contributed by atoms with E-state index in [0.717, 1.165) is 17.1 Å². The van der Waals surface area contributed by atoms with E-state index in [1.165, 1.54) is 11.5 Å². The Hall–Kier alpha value is -1.61. The van der Waals surface area contributed by atoms with Gasteiger partial charge in [0.15, 0.2) is 0 Å². The van der Waals surface area contributed by atoms with Crippen LogP contribution < -0.4 is 5.32 Å². The molecule has 0 bridgehead atoms. The summed E-state index contributed by atoms with van der Waals surface area (Å²) in [6.07, 6.45) is 1.37. The summed E-state index contributed by atoms with van der Waals surface area (Å²) in [4.78, 5) is 13.1. The van der Waals surface area contributed by atoms with Crippen LogP contribution in [0.15, 0.2) is 0 Å². The van der Waals surface area contributed by atoms with E-state index in [9.17, 15) is 4.79 Å². The molecule has 2 rings (SSSR count). The number of nitriles is 1. The molecule has 6 heteroatoms. The Labute approximate surface area is 104 Å². The molecule has 1 fully saturated rings. The molecule has 5 nitrogen and oxygen atoms in total. The highest BCUT2D eigenvalue weighted by Crippen LogP contribution is 2.25. The Morgan fingerprint density at radius 1 is 1.65 bits per heavy atom. The molecular formula is C11H14N4OS. The number of amides is 1. The van der Waals surface area contributed by atoms with Crippen LogP contribution in [0.3, 0.4) is 0 Å². The summed E-state index contributed by atoms with van der Waals surface area (Å²) in [6, 6.07) is 2.37. The number of likely N-dealkylation sites (N-methyl/N-ethyl adjacent to an activating group) is 1. The van der Waals surface area contributed by atoms with E-state index in [1.807, 2.05) is 6.92 Å². The highest BCUT2D eigenvalue weighted by Gasteiger charge is 2.24. The predicted molar refractivity (Wildman–Crippen MR) is 65.8 cm³/mol. The minimum Gasteiger partial charge on any atom is -0.370 e. The molecule has 0 radical (unpaired) electrons. The van der Waals surface area contributed by atoms with E-state index in [-0.39, 0.29) is 11.9 Å². The normalized spacial score (nSPS) is 20.2. The first-order valence-corrected chi connectivity index (χ1v) is 6.26. The molecule has 0 spiro atoms. The van der Waals surface area contributed by atoms with Crippen molar-refractivity contribution in [1.82, 2.24) is 9.27 Å². The number of rotatable bonds is 2. The van der Waals surface area contributed by atoms with E-state index >= 15 is 0 Å². The average molecular weight is 250 g/mol. The Balaban J connectivity index is 2.07. The van der Waals surface area contributed by atoms with Gasteiger partial charge in [-0.15, -0.1) is 0 Å². The van der Waals surface area contributed by atoms with Crippen LogP contribution in [0.1, 0.15) is 24.1 Å². The molecule has 1 N–H and O–H groups in total. The maximum Gasteiger partial charge on any atom is 0.222 e. The molecular weight excluding hydrogens is 236 g/mol. The predicted octanol–water partition coefficient (Wildman–Crippen LogP) is 1.36. The van der Waals surface area contributed by atoms with Crippen molar-refractivity contribution in [1.29, 1.82) is 5.26 Å². The van der Waals surface area contributed by atoms with E-state index in [2.05, 4.69) is 15.8 Å². The second kappa shape index (κ2) is 4.72. The molecule has 1 unspecified atom stereocenters. The summed E-state index contributed by atoms with van der Waals surface area (Å²) in [6.45, 7) is 2.51. The van der Waals surface area contributed by atoms with Gasteiger partial charge in [-0.05, 0) is 24.9 Å². The third-order valence-electron chi connectivity index (χ3n) is 2.94. The highest BCUT2D eigenvalue weighted by atomic mass is 32.1. The highest BCUT2D eigenvalue weighted by molar-refractivity contribution is 7.10. The monoisotopic (exact) mass is 250 g/mol. The number of aryl methyl sites for hydroxylation is 1. The quantitative estimate of drug-likeness (QED) is 0.860. The second-order valence-electron chi connectivity index (χ2n) is 4.24. The lowest BCUT2D eigenvalue weighted by Gasteiger charge is -2.30. The van der Waals surface area contributed by atoms with Crippen LogP contribution in [0.25, 0.3) is 0 Å². The fourth-order valence-electron chi connectivity index (χ4n) is 1.92. The van der Waals surface area contributed by atoms with Gasteiger partial charge >= 0.3 is 0 Å². The number of hydrogen-bond acceptors (Lipinski definition) is 5.